The maximum atomic E-state index is 11.4. The molecule has 0 radical (unpaired) electrons. The van der Waals surface area contributed by atoms with E-state index in [1.165, 1.54) is 11.1 Å². The molecule has 0 aliphatic carbocycles. The lowest BCUT2D eigenvalue weighted by Gasteiger charge is -2.34. The van der Waals surface area contributed by atoms with Gasteiger partial charge in [-0.25, -0.2) is 0 Å². The van der Waals surface area contributed by atoms with Gasteiger partial charge in [-0.05, 0) is 31.0 Å². The highest BCUT2D eigenvalue weighted by atomic mass is 16.2. The normalized spacial score (nSPS) is 14.6. The molecule has 0 unspecified atom stereocenters. The van der Waals surface area contributed by atoms with Gasteiger partial charge in [-0.15, -0.1) is 5.10 Å². The number of nitrogens with zero attached hydrogens (tertiary/aromatic N) is 5. The molecule has 24 heavy (non-hydrogen) atoms. The summed E-state index contributed by atoms with van der Waals surface area (Å²) < 4.78 is 0. The van der Waals surface area contributed by atoms with Crippen LogP contribution in [0.1, 0.15) is 18.1 Å². The van der Waals surface area contributed by atoms with Gasteiger partial charge in [0.05, 0.1) is 6.20 Å². The molecule has 0 saturated carbocycles. The van der Waals surface area contributed by atoms with E-state index in [0.717, 1.165) is 24.6 Å². The van der Waals surface area contributed by atoms with Crippen LogP contribution in [-0.2, 0) is 4.79 Å². The Bertz CT molecular complexity index is 740. The quantitative estimate of drug-likeness (QED) is 0.928. The molecule has 1 aromatic heterocycles. The molecule has 126 valence electrons. The van der Waals surface area contributed by atoms with Crippen LogP contribution in [0.15, 0.2) is 24.4 Å². The van der Waals surface area contributed by atoms with E-state index < -0.39 is 0 Å². The van der Waals surface area contributed by atoms with E-state index in [2.05, 4.69) is 45.3 Å². The van der Waals surface area contributed by atoms with Gasteiger partial charge in [0.15, 0.2) is 5.82 Å². The van der Waals surface area contributed by atoms with Crippen molar-refractivity contribution in [2.75, 3.05) is 36.4 Å². The zero-order chi connectivity index (χ0) is 17.1. The number of hydrogen-bond donors (Lipinski definition) is 1. The Balaban J connectivity index is 1.73. The fraction of sp³-hybridized carbons (Fsp3) is 0.412. The third-order valence-corrected chi connectivity index (χ3v) is 4.45. The first-order valence-electron chi connectivity index (χ1n) is 8.08. The summed E-state index contributed by atoms with van der Waals surface area (Å²) in [5, 5.41) is 11.4. The predicted molar refractivity (Wildman–Crippen MR) is 93.5 cm³/mol. The minimum atomic E-state index is 0.118. The van der Waals surface area contributed by atoms with E-state index >= 15 is 0 Å². The number of aryl methyl sites for hydroxylation is 1. The first-order chi connectivity index (χ1) is 11.5. The number of nitrogens with one attached hydrogen (secondary N) is 1. The van der Waals surface area contributed by atoms with Gasteiger partial charge in [-0.3, -0.25) is 4.79 Å². The van der Waals surface area contributed by atoms with Crippen LogP contribution in [0.2, 0.25) is 0 Å². The molecule has 1 fully saturated rings. The van der Waals surface area contributed by atoms with Crippen molar-refractivity contribution in [1.82, 2.24) is 20.1 Å². The maximum Gasteiger partial charge on any atom is 0.249 e. The number of hydrogen-bond acceptors (Lipinski definition) is 6. The Morgan fingerprint density at radius 1 is 1.17 bits per heavy atom. The maximum absolute atomic E-state index is 11.4. The summed E-state index contributed by atoms with van der Waals surface area (Å²) in [4.78, 5) is 20.0. The minimum Gasteiger partial charge on any atom is -0.352 e. The van der Waals surface area contributed by atoms with E-state index in [1.807, 2.05) is 17.0 Å². The fourth-order valence-electron chi connectivity index (χ4n) is 2.76. The third kappa shape index (κ3) is 3.45. The molecule has 7 heteroatoms. The van der Waals surface area contributed by atoms with Gasteiger partial charge in [0.2, 0.25) is 11.9 Å². The SMILES string of the molecule is CC(=O)N1CCN(c2cnnc(Nc3cccc(C)c3C)n2)CC1. The predicted octanol–water partition coefficient (Wildman–Crippen LogP) is 1.90. The molecule has 3 rings (SSSR count). The summed E-state index contributed by atoms with van der Waals surface area (Å²) >= 11 is 0. The second kappa shape index (κ2) is 6.82. The van der Waals surface area contributed by atoms with E-state index in [-0.39, 0.29) is 5.91 Å². The molecule has 1 N–H and O–H groups in total. The largest absolute Gasteiger partial charge is 0.352 e. The minimum absolute atomic E-state index is 0.118. The van der Waals surface area contributed by atoms with Gasteiger partial charge in [0, 0.05) is 38.8 Å². The van der Waals surface area contributed by atoms with Crippen molar-refractivity contribution in [1.29, 1.82) is 0 Å². The van der Waals surface area contributed by atoms with Crippen molar-refractivity contribution in [2.24, 2.45) is 0 Å². The Labute approximate surface area is 141 Å². The van der Waals surface area contributed by atoms with E-state index in [0.29, 0.717) is 19.0 Å². The molecule has 2 heterocycles. The van der Waals surface area contributed by atoms with E-state index in [4.69, 9.17) is 0 Å². The number of amides is 1. The zero-order valence-corrected chi connectivity index (χ0v) is 14.3. The topological polar surface area (TPSA) is 74.2 Å². The van der Waals surface area contributed by atoms with Gasteiger partial charge in [-0.1, -0.05) is 12.1 Å². The molecule has 1 aromatic carbocycles. The van der Waals surface area contributed by atoms with Crippen molar-refractivity contribution >= 4 is 23.4 Å². The van der Waals surface area contributed by atoms with Gasteiger partial charge in [-0.2, -0.15) is 10.1 Å². The van der Waals surface area contributed by atoms with Crippen molar-refractivity contribution in [3.8, 4) is 0 Å². The summed E-state index contributed by atoms with van der Waals surface area (Å²) in [6.45, 7) is 8.66. The van der Waals surface area contributed by atoms with Crippen LogP contribution < -0.4 is 10.2 Å². The van der Waals surface area contributed by atoms with E-state index in [9.17, 15) is 4.79 Å². The summed E-state index contributed by atoms with van der Waals surface area (Å²) in [7, 11) is 0. The summed E-state index contributed by atoms with van der Waals surface area (Å²) in [6.07, 6.45) is 1.66. The number of carbonyl (C=O) groups is 1. The number of piperazine rings is 1. The first-order valence-corrected chi connectivity index (χ1v) is 8.08. The van der Waals surface area contributed by atoms with Gasteiger partial charge in [0.25, 0.3) is 0 Å². The monoisotopic (exact) mass is 326 g/mol. The molecule has 0 bridgehead atoms. The van der Waals surface area contributed by atoms with E-state index in [1.54, 1.807) is 13.1 Å². The Morgan fingerprint density at radius 2 is 1.92 bits per heavy atom. The zero-order valence-electron chi connectivity index (χ0n) is 14.3. The van der Waals surface area contributed by atoms with Crippen LogP contribution in [0, 0.1) is 13.8 Å². The molecule has 1 aliphatic heterocycles. The average molecular weight is 326 g/mol. The average Bonchev–Trinajstić information content (AvgIpc) is 2.59. The standard InChI is InChI=1S/C17H22N6O/c1-12-5-4-6-15(13(12)2)19-17-20-16(11-18-21-17)23-9-7-22(8-10-23)14(3)24/h4-6,11H,7-10H2,1-3H3,(H,19,20,21). The molecule has 0 spiro atoms. The van der Waals surface area contributed by atoms with Crippen LogP contribution >= 0.6 is 0 Å². The molecular weight excluding hydrogens is 304 g/mol. The number of benzene rings is 1. The molecule has 7 nitrogen and oxygen atoms in total. The Kier molecular flexibility index (Phi) is 4.59. The molecular formula is C17H22N6O. The first kappa shape index (κ1) is 16.2. The van der Waals surface area contributed by atoms with Crippen molar-refractivity contribution in [3.05, 3.63) is 35.5 Å². The van der Waals surface area contributed by atoms with Crippen molar-refractivity contribution in [3.63, 3.8) is 0 Å². The fourth-order valence-corrected chi connectivity index (χ4v) is 2.76. The smallest absolute Gasteiger partial charge is 0.249 e. The highest BCUT2D eigenvalue weighted by Gasteiger charge is 2.20. The second-order valence-electron chi connectivity index (χ2n) is 6.00. The van der Waals surface area contributed by atoms with Crippen molar-refractivity contribution < 1.29 is 4.79 Å². The molecule has 0 atom stereocenters. The van der Waals surface area contributed by atoms with Gasteiger partial charge in [0.1, 0.15) is 0 Å². The lowest BCUT2D eigenvalue weighted by molar-refractivity contribution is -0.129. The third-order valence-electron chi connectivity index (χ3n) is 4.45. The van der Waals surface area contributed by atoms with Crippen molar-refractivity contribution in [2.45, 2.75) is 20.8 Å². The molecule has 2 aromatic rings. The van der Waals surface area contributed by atoms with Crippen LogP contribution in [0.3, 0.4) is 0 Å². The van der Waals surface area contributed by atoms with Crippen LogP contribution in [0.5, 0.6) is 0 Å². The van der Waals surface area contributed by atoms with Crippen LogP contribution in [-0.4, -0.2) is 52.2 Å². The number of rotatable bonds is 3. The highest BCUT2D eigenvalue weighted by Crippen LogP contribution is 2.22. The Hall–Kier alpha value is -2.70. The Morgan fingerprint density at radius 3 is 2.62 bits per heavy atom. The summed E-state index contributed by atoms with van der Waals surface area (Å²) in [5.41, 5.74) is 3.36. The summed E-state index contributed by atoms with van der Waals surface area (Å²) in [5.74, 6) is 1.38. The number of anilines is 3. The lowest BCUT2D eigenvalue weighted by atomic mass is 10.1. The van der Waals surface area contributed by atoms with Crippen LogP contribution in [0.4, 0.5) is 17.5 Å². The number of aromatic nitrogens is 3. The van der Waals surface area contributed by atoms with Gasteiger partial charge >= 0.3 is 0 Å². The molecule has 1 saturated heterocycles. The van der Waals surface area contributed by atoms with Crippen LogP contribution in [0.25, 0.3) is 0 Å². The second-order valence-corrected chi connectivity index (χ2v) is 6.00. The lowest BCUT2D eigenvalue weighted by Crippen LogP contribution is -2.48. The highest BCUT2D eigenvalue weighted by molar-refractivity contribution is 5.73. The van der Waals surface area contributed by atoms with Gasteiger partial charge < -0.3 is 15.1 Å². The summed E-state index contributed by atoms with van der Waals surface area (Å²) in [6, 6.07) is 6.08. The molecule has 1 aliphatic rings. The number of carbonyl (C=O) groups excluding carboxylic acids is 1. The molecule has 1 amide bonds.